The number of rotatable bonds is 2. The van der Waals surface area contributed by atoms with Crippen molar-refractivity contribution < 1.29 is 8.30 Å². The number of piperazine rings is 1. The van der Waals surface area contributed by atoms with Gasteiger partial charge in [-0.05, 0) is 5.56 Å². The molecule has 0 aromatic heterocycles. The minimum Gasteiger partial charge on any atom is -0.327 e. The Morgan fingerprint density at radius 1 is 1.44 bits per heavy atom. The summed E-state index contributed by atoms with van der Waals surface area (Å²) < 4.78 is 0.789. The molecule has 1 amide bonds. The Bertz CT molecular complexity index is 367. The first-order valence-corrected chi connectivity index (χ1v) is 6.13. The third kappa shape index (κ3) is 2.44. The molecule has 2 atom stereocenters. The van der Waals surface area contributed by atoms with E-state index in [0.29, 0.717) is 0 Å². The first-order chi connectivity index (χ1) is 7.62. The molecule has 1 heterocycles. The fourth-order valence-electron chi connectivity index (χ4n) is 2.13. The molecule has 1 aromatic carbocycles. The van der Waals surface area contributed by atoms with Crippen LogP contribution in [0.1, 0.15) is 11.6 Å². The second-order valence-corrected chi connectivity index (χ2v) is 6.15. The molecule has 0 N–H and O–H groups in total. The van der Waals surface area contributed by atoms with Crippen molar-refractivity contribution in [2.75, 3.05) is 26.7 Å². The van der Waals surface area contributed by atoms with Crippen LogP contribution in [0.25, 0.3) is 0 Å². The smallest absolute Gasteiger partial charge is 0.227 e. The Morgan fingerprint density at radius 2 is 2.12 bits per heavy atom. The monoisotopic (exact) mass is 283 g/mol. The summed E-state index contributed by atoms with van der Waals surface area (Å²) in [6, 6.07) is 10.4. The van der Waals surface area contributed by atoms with Gasteiger partial charge in [0.05, 0.1) is 13.6 Å². The summed E-state index contributed by atoms with van der Waals surface area (Å²) in [6.45, 7) is 2.65. The molecule has 1 fully saturated rings. The first kappa shape index (κ1) is 11.6. The van der Waals surface area contributed by atoms with E-state index >= 15 is 0 Å². The minimum absolute atomic E-state index is 0.178. The second kappa shape index (κ2) is 4.55. The molecule has 0 saturated carbocycles. The Hall–Kier alpha value is -0.870. The Kier molecular flexibility index (Phi) is 3.30. The molecule has 3 nitrogen and oxygen atoms in total. The van der Waals surface area contributed by atoms with Crippen molar-refractivity contribution in [2.24, 2.45) is 0 Å². The first-order valence-electron chi connectivity index (χ1n) is 5.42. The highest BCUT2D eigenvalue weighted by Gasteiger charge is 2.35. The van der Waals surface area contributed by atoms with Gasteiger partial charge in [-0.1, -0.05) is 30.3 Å². The summed E-state index contributed by atoms with van der Waals surface area (Å²) in [4.78, 5) is 12.9. The number of amides is 1. The molecule has 4 heteroatoms. The molecule has 16 heavy (non-hydrogen) atoms. The largest absolute Gasteiger partial charge is 0.327 e. The van der Waals surface area contributed by atoms with Crippen LogP contribution in [0.15, 0.2) is 30.3 Å². The summed E-state index contributed by atoms with van der Waals surface area (Å²) in [7, 11) is 2.14. The van der Waals surface area contributed by atoms with E-state index in [9.17, 15) is 4.79 Å². The number of hydrogen-bond donors (Lipinski definition) is 0. The number of carbonyl (C=O) groups is 1. The molecule has 1 aromatic rings. The summed E-state index contributed by atoms with van der Waals surface area (Å²) in [5.41, 5.74) is 1.21. The van der Waals surface area contributed by atoms with Crippen LogP contribution in [-0.2, 0) is 4.79 Å². The van der Waals surface area contributed by atoms with Gasteiger partial charge in [-0.15, -0.1) is 0 Å². The van der Waals surface area contributed by atoms with Gasteiger partial charge in [-0.3, -0.25) is 8.30 Å². The van der Waals surface area contributed by atoms with E-state index in [0.717, 1.165) is 29.6 Å². The van der Waals surface area contributed by atoms with Crippen molar-refractivity contribution in [2.45, 2.75) is 6.04 Å². The SMILES string of the molecule is C[N+]1(Br)CCN(C=O)C(c2ccccc2)C1. The molecular weight excluding hydrogens is 268 g/mol. The number of hydrogen-bond acceptors (Lipinski definition) is 1. The molecule has 0 radical (unpaired) electrons. The maximum atomic E-state index is 11.1. The molecule has 2 rings (SSSR count). The maximum Gasteiger partial charge on any atom is 0.227 e. The standard InChI is InChI=1S/C12H16BrN2O/c1-15(13)8-7-14(10-16)12(9-15)11-5-3-2-4-6-11/h2-6,10,12H,7-9H2,1H3/q+1. The number of quaternary nitrogens is 1. The number of nitrogens with zero attached hydrogens (tertiary/aromatic N) is 2. The third-order valence-corrected chi connectivity index (χ3v) is 3.74. The van der Waals surface area contributed by atoms with E-state index in [1.165, 1.54) is 5.56 Å². The van der Waals surface area contributed by atoms with Crippen LogP contribution in [0.3, 0.4) is 0 Å². The van der Waals surface area contributed by atoms with E-state index in [1.807, 2.05) is 23.1 Å². The summed E-state index contributed by atoms with van der Waals surface area (Å²) in [6.07, 6.45) is 0.962. The van der Waals surface area contributed by atoms with Gasteiger partial charge < -0.3 is 4.90 Å². The van der Waals surface area contributed by atoms with E-state index in [-0.39, 0.29) is 6.04 Å². The molecular formula is C12H16BrN2O+. The van der Waals surface area contributed by atoms with Crippen LogP contribution in [0.5, 0.6) is 0 Å². The van der Waals surface area contributed by atoms with E-state index in [1.54, 1.807) is 0 Å². The molecule has 1 saturated heterocycles. The predicted molar refractivity (Wildman–Crippen MR) is 66.8 cm³/mol. The lowest BCUT2D eigenvalue weighted by Crippen LogP contribution is -2.52. The molecule has 1 aliphatic rings. The van der Waals surface area contributed by atoms with Crippen LogP contribution in [0.2, 0.25) is 0 Å². The Labute approximate surface area is 105 Å². The normalized spacial score (nSPS) is 30.1. The average molecular weight is 284 g/mol. The van der Waals surface area contributed by atoms with Crippen LogP contribution < -0.4 is 0 Å². The van der Waals surface area contributed by atoms with Crippen LogP contribution in [0.4, 0.5) is 0 Å². The Morgan fingerprint density at radius 3 is 2.75 bits per heavy atom. The highest BCUT2D eigenvalue weighted by molar-refractivity contribution is 9.05. The van der Waals surface area contributed by atoms with Gasteiger partial charge >= 0.3 is 0 Å². The average Bonchev–Trinajstić information content (AvgIpc) is 2.29. The zero-order valence-electron chi connectivity index (χ0n) is 9.34. The molecule has 0 aliphatic carbocycles. The quantitative estimate of drug-likeness (QED) is 0.600. The van der Waals surface area contributed by atoms with Gasteiger partial charge in [-0.2, -0.15) is 0 Å². The zero-order chi connectivity index (χ0) is 11.6. The topological polar surface area (TPSA) is 20.3 Å². The van der Waals surface area contributed by atoms with Crippen LogP contribution in [0, 0.1) is 0 Å². The molecule has 0 spiro atoms. The van der Waals surface area contributed by atoms with Crippen LogP contribution in [-0.4, -0.2) is 41.5 Å². The molecule has 0 bridgehead atoms. The van der Waals surface area contributed by atoms with E-state index in [2.05, 4.69) is 35.3 Å². The van der Waals surface area contributed by atoms with Gasteiger partial charge in [0.1, 0.15) is 19.1 Å². The van der Waals surface area contributed by atoms with Crippen molar-refractivity contribution in [3.8, 4) is 0 Å². The number of likely N-dealkylation sites (N-methyl/N-ethyl adjacent to an activating group) is 1. The second-order valence-electron chi connectivity index (χ2n) is 4.44. The van der Waals surface area contributed by atoms with E-state index < -0.39 is 0 Å². The number of carbonyl (C=O) groups excluding carboxylic acids is 1. The lowest BCUT2D eigenvalue weighted by molar-refractivity contribution is -0.768. The van der Waals surface area contributed by atoms with E-state index in [4.69, 9.17) is 0 Å². The van der Waals surface area contributed by atoms with Crippen molar-refractivity contribution in [3.63, 3.8) is 0 Å². The highest BCUT2D eigenvalue weighted by atomic mass is 79.9. The third-order valence-electron chi connectivity index (χ3n) is 3.10. The minimum atomic E-state index is 0.178. The van der Waals surface area contributed by atoms with Crippen LogP contribution >= 0.6 is 16.1 Å². The van der Waals surface area contributed by atoms with Crippen molar-refractivity contribution in [3.05, 3.63) is 35.9 Å². The molecule has 86 valence electrons. The van der Waals surface area contributed by atoms with Crippen molar-refractivity contribution >= 4 is 22.6 Å². The highest BCUT2D eigenvalue weighted by Crippen LogP contribution is 2.29. The lowest BCUT2D eigenvalue weighted by atomic mass is 10.0. The Balaban J connectivity index is 2.25. The fraction of sp³-hybridized carbons (Fsp3) is 0.417. The van der Waals surface area contributed by atoms with Gasteiger partial charge in [0.2, 0.25) is 22.6 Å². The van der Waals surface area contributed by atoms with Crippen molar-refractivity contribution in [1.29, 1.82) is 0 Å². The maximum absolute atomic E-state index is 11.1. The molecule has 2 unspecified atom stereocenters. The predicted octanol–water partition coefficient (Wildman–Crippen LogP) is 1.96. The lowest BCUT2D eigenvalue weighted by Gasteiger charge is -2.40. The van der Waals surface area contributed by atoms with Gasteiger partial charge in [-0.25, -0.2) is 0 Å². The summed E-state index contributed by atoms with van der Waals surface area (Å²) in [5.74, 6) is 0. The van der Waals surface area contributed by atoms with Gasteiger partial charge in [0.15, 0.2) is 0 Å². The van der Waals surface area contributed by atoms with Gasteiger partial charge in [0, 0.05) is 0 Å². The number of halogens is 1. The molecule has 1 aliphatic heterocycles. The zero-order valence-corrected chi connectivity index (χ0v) is 10.9. The summed E-state index contributed by atoms with van der Waals surface area (Å²) in [5, 5.41) is 0. The van der Waals surface area contributed by atoms with Gasteiger partial charge in [0.25, 0.3) is 0 Å². The summed E-state index contributed by atoms with van der Waals surface area (Å²) >= 11 is 3.68. The fourth-order valence-corrected chi connectivity index (χ4v) is 2.57. The van der Waals surface area contributed by atoms with Crippen molar-refractivity contribution in [1.82, 2.24) is 4.90 Å². The number of benzene rings is 1.